The van der Waals surface area contributed by atoms with Crippen molar-refractivity contribution < 1.29 is 9.90 Å². The van der Waals surface area contributed by atoms with Crippen LogP contribution in [0.4, 0.5) is 0 Å². The van der Waals surface area contributed by atoms with Gasteiger partial charge in [-0.2, -0.15) is 5.26 Å². The maximum absolute atomic E-state index is 10.3. The first-order chi connectivity index (χ1) is 7.06. The average molecular weight is 242 g/mol. The summed E-state index contributed by atoms with van der Waals surface area (Å²) in [6.45, 7) is 0. The summed E-state index contributed by atoms with van der Waals surface area (Å²) in [6.07, 6.45) is 2.15. The van der Waals surface area contributed by atoms with Gasteiger partial charge in [0.25, 0.3) is 0 Å². The van der Waals surface area contributed by atoms with Crippen LogP contribution in [0.3, 0.4) is 0 Å². The highest BCUT2D eigenvalue weighted by Gasteiger charge is 2.08. The minimum Gasteiger partial charge on any atom is -0.478 e. The van der Waals surface area contributed by atoms with E-state index in [1.807, 2.05) is 6.07 Å². The van der Waals surface area contributed by atoms with Gasteiger partial charge in [0.1, 0.15) is 0 Å². The van der Waals surface area contributed by atoms with E-state index < -0.39 is 5.97 Å². The van der Waals surface area contributed by atoms with Crippen LogP contribution in [0, 0.1) is 11.3 Å². The lowest BCUT2D eigenvalue weighted by molar-refractivity contribution is -0.131. The van der Waals surface area contributed by atoms with Gasteiger partial charge in [-0.1, -0.05) is 23.2 Å². The van der Waals surface area contributed by atoms with Gasteiger partial charge < -0.3 is 5.11 Å². The minimum absolute atomic E-state index is 0.174. The predicted molar refractivity (Wildman–Crippen MR) is 57.8 cm³/mol. The van der Waals surface area contributed by atoms with Gasteiger partial charge in [-0.05, 0) is 18.2 Å². The molecule has 0 aromatic heterocycles. The fourth-order valence-corrected chi connectivity index (χ4v) is 1.37. The van der Waals surface area contributed by atoms with Crippen molar-refractivity contribution >= 4 is 35.2 Å². The molecule has 0 atom stereocenters. The van der Waals surface area contributed by atoms with E-state index in [1.165, 1.54) is 18.2 Å². The van der Waals surface area contributed by atoms with Gasteiger partial charge in [0.2, 0.25) is 0 Å². The molecular weight excluding hydrogens is 237 g/mol. The molecule has 0 saturated heterocycles. The van der Waals surface area contributed by atoms with Crippen LogP contribution >= 0.6 is 23.2 Å². The molecule has 1 rings (SSSR count). The lowest BCUT2D eigenvalue weighted by atomic mass is 10.1. The van der Waals surface area contributed by atoms with Crippen molar-refractivity contribution in [2.24, 2.45) is 0 Å². The SMILES string of the molecule is N#Cc1ccc(Cl)c(Cl)c1/C=C/C(=O)O. The molecule has 0 unspecified atom stereocenters. The summed E-state index contributed by atoms with van der Waals surface area (Å²) >= 11 is 11.6. The molecule has 0 aliphatic heterocycles. The van der Waals surface area contributed by atoms with Gasteiger partial charge in [-0.15, -0.1) is 0 Å². The maximum Gasteiger partial charge on any atom is 0.328 e. The van der Waals surface area contributed by atoms with Gasteiger partial charge >= 0.3 is 5.97 Å². The van der Waals surface area contributed by atoms with E-state index in [1.54, 1.807) is 0 Å². The molecular formula is C10H5Cl2NO2. The number of nitrogens with zero attached hydrogens (tertiary/aromatic N) is 1. The van der Waals surface area contributed by atoms with Crippen LogP contribution in [0.1, 0.15) is 11.1 Å². The van der Waals surface area contributed by atoms with Crippen LogP contribution in [-0.4, -0.2) is 11.1 Å². The molecule has 0 radical (unpaired) electrons. The Labute approximate surface area is 96.2 Å². The molecule has 1 N–H and O–H groups in total. The second-order valence-corrected chi connectivity index (χ2v) is 3.39. The number of aliphatic carboxylic acids is 1. The van der Waals surface area contributed by atoms with Crippen molar-refractivity contribution in [2.75, 3.05) is 0 Å². The first-order valence-corrected chi connectivity index (χ1v) is 4.61. The van der Waals surface area contributed by atoms with Gasteiger partial charge in [0, 0.05) is 11.6 Å². The van der Waals surface area contributed by atoms with E-state index in [4.69, 9.17) is 33.6 Å². The van der Waals surface area contributed by atoms with E-state index in [0.29, 0.717) is 5.56 Å². The lowest BCUT2D eigenvalue weighted by Gasteiger charge is -2.02. The number of carbonyl (C=O) groups is 1. The minimum atomic E-state index is -1.12. The summed E-state index contributed by atoms with van der Waals surface area (Å²) in [4.78, 5) is 10.3. The van der Waals surface area contributed by atoms with Crippen LogP contribution in [0.2, 0.25) is 10.0 Å². The van der Waals surface area contributed by atoms with E-state index >= 15 is 0 Å². The van der Waals surface area contributed by atoms with Crippen LogP contribution < -0.4 is 0 Å². The van der Waals surface area contributed by atoms with Gasteiger partial charge in [0.15, 0.2) is 0 Å². The molecule has 5 heteroatoms. The van der Waals surface area contributed by atoms with E-state index in [9.17, 15) is 4.79 Å². The van der Waals surface area contributed by atoms with Crippen molar-refractivity contribution in [1.29, 1.82) is 5.26 Å². The molecule has 0 aliphatic carbocycles. The van der Waals surface area contributed by atoms with Crippen LogP contribution in [-0.2, 0) is 4.79 Å². The number of rotatable bonds is 2. The fourth-order valence-electron chi connectivity index (χ4n) is 0.981. The van der Waals surface area contributed by atoms with Gasteiger partial charge in [0.05, 0.1) is 21.7 Å². The Morgan fingerprint density at radius 2 is 2.13 bits per heavy atom. The zero-order chi connectivity index (χ0) is 11.4. The Morgan fingerprint density at radius 3 is 2.67 bits per heavy atom. The summed E-state index contributed by atoms with van der Waals surface area (Å²) < 4.78 is 0. The quantitative estimate of drug-likeness (QED) is 0.811. The van der Waals surface area contributed by atoms with E-state index in [-0.39, 0.29) is 15.6 Å². The molecule has 0 saturated carbocycles. The second kappa shape index (κ2) is 4.83. The van der Waals surface area contributed by atoms with E-state index in [0.717, 1.165) is 6.08 Å². The highest BCUT2D eigenvalue weighted by atomic mass is 35.5. The first kappa shape index (κ1) is 11.6. The van der Waals surface area contributed by atoms with Gasteiger partial charge in [-0.25, -0.2) is 4.79 Å². The molecule has 1 aromatic rings. The molecule has 0 fully saturated rings. The van der Waals surface area contributed by atoms with Gasteiger partial charge in [-0.3, -0.25) is 0 Å². The maximum atomic E-state index is 10.3. The first-order valence-electron chi connectivity index (χ1n) is 3.85. The van der Waals surface area contributed by atoms with Crippen LogP contribution in [0.25, 0.3) is 6.08 Å². The average Bonchev–Trinajstić information content (AvgIpc) is 2.20. The zero-order valence-corrected chi connectivity index (χ0v) is 8.88. The second-order valence-electron chi connectivity index (χ2n) is 2.61. The fraction of sp³-hybridized carbons (Fsp3) is 0. The zero-order valence-electron chi connectivity index (χ0n) is 7.37. The molecule has 1 aromatic carbocycles. The summed E-state index contributed by atoms with van der Waals surface area (Å²) in [5.74, 6) is -1.12. The van der Waals surface area contributed by atoms with Crippen molar-refractivity contribution in [3.63, 3.8) is 0 Å². The summed E-state index contributed by atoms with van der Waals surface area (Å²) in [7, 11) is 0. The number of benzene rings is 1. The third-order valence-corrected chi connectivity index (χ3v) is 2.46. The monoisotopic (exact) mass is 241 g/mol. The largest absolute Gasteiger partial charge is 0.478 e. The topological polar surface area (TPSA) is 61.1 Å². The van der Waals surface area contributed by atoms with Crippen molar-refractivity contribution in [2.45, 2.75) is 0 Å². The summed E-state index contributed by atoms with van der Waals surface area (Å²) in [5, 5.41) is 17.7. The third-order valence-electron chi connectivity index (χ3n) is 1.65. The molecule has 0 spiro atoms. The molecule has 0 bridgehead atoms. The predicted octanol–water partition coefficient (Wildman–Crippen LogP) is 2.96. The molecule has 15 heavy (non-hydrogen) atoms. The molecule has 3 nitrogen and oxygen atoms in total. The van der Waals surface area contributed by atoms with Crippen LogP contribution in [0.5, 0.6) is 0 Å². The molecule has 0 amide bonds. The smallest absolute Gasteiger partial charge is 0.328 e. The normalized spacial score (nSPS) is 10.2. The number of nitriles is 1. The number of carboxylic acid groups (broad SMARTS) is 1. The number of hydrogen-bond acceptors (Lipinski definition) is 2. The summed E-state index contributed by atoms with van der Waals surface area (Å²) in [5.41, 5.74) is 0.593. The number of carboxylic acids is 1. The van der Waals surface area contributed by atoms with Crippen LogP contribution in [0.15, 0.2) is 18.2 Å². The number of hydrogen-bond donors (Lipinski definition) is 1. The lowest BCUT2D eigenvalue weighted by Crippen LogP contribution is -1.89. The van der Waals surface area contributed by atoms with E-state index in [2.05, 4.69) is 0 Å². The summed E-state index contributed by atoms with van der Waals surface area (Å²) in [6, 6.07) is 4.87. The van der Waals surface area contributed by atoms with Crippen molar-refractivity contribution in [3.8, 4) is 6.07 Å². The Bertz CT molecular complexity index is 475. The molecule has 0 aliphatic rings. The molecule has 76 valence electrons. The molecule has 0 heterocycles. The highest BCUT2D eigenvalue weighted by Crippen LogP contribution is 2.29. The Hall–Kier alpha value is -1.50. The highest BCUT2D eigenvalue weighted by molar-refractivity contribution is 6.43. The standard InChI is InChI=1S/C10H5Cl2NO2/c11-8-3-1-6(5-13)7(10(8)12)2-4-9(14)15/h1-4H,(H,14,15)/b4-2+. The Balaban J connectivity index is 3.32. The Morgan fingerprint density at radius 1 is 1.47 bits per heavy atom. The van der Waals surface area contributed by atoms with Crippen molar-refractivity contribution in [3.05, 3.63) is 39.4 Å². The van der Waals surface area contributed by atoms with Crippen molar-refractivity contribution in [1.82, 2.24) is 0 Å². The third kappa shape index (κ3) is 2.72. The Kier molecular flexibility index (Phi) is 3.73. The number of halogens is 2.